The predicted molar refractivity (Wildman–Crippen MR) is 274 cm³/mol. The Morgan fingerprint density at radius 3 is 1.81 bits per heavy atom. The normalized spacial score (nSPS) is 18.0. The first-order valence-electron chi connectivity index (χ1n) is 26.9. The maximum absolute atomic E-state index is 9.40. The van der Waals surface area contributed by atoms with E-state index in [-0.39, 0.29) is 57.4 Å². The van der Waals surface area contributed by atoms with Gasteiger partial charge in [0.15, 0.2) is 0 Å². The summed E-state index contributed by atoms with van der Waals surface area (Å²) >= 11 is 0. The molecule has 10 rings (SSSR count). The molecule has 0 radical (unpaired) electrons. The summed E-state index contributed by atoms with van der Waals surface area (Å²) in [6.45, 7) is 28.2. The molecule has 6 aromatic carbocycles. The van der Waals surface area contributed by atoms with E-state index in [1.165, 1.54) is 11.1 Å². The van der Waals surface area contributed by atoms with E-state index in [2.05, 4.69) is 167 Å². The fourth-order valence-electron chi connectivity index (χ4n) is 10.6. The van der Waals surface area contributed by atoms with Crippen LogP contribution in [0.15, 0.2) is 138 Å². The van der Waals surface area contributed by atoms with Crippen molar-refractivity contribution < 1.29 is 15.4 Å². The Kier molecular flexibility index (Phi) is 7.58. The van der Waals surface area contributed by atoms with Gasteiger partial charge in [-0.05, 0) is 123 Å². The molecule has 1 aliphatic carbocycles. The summed E-state index contributed by atoms with van der Waals surface area (Å²) in [5, 5.41) is 0. The second kappa shape index (κ2) is 14.4. The van der Waals surface area contributed by atoms with Crippen molar-refractivity contribution in [2.75, 3.05) is 9.80 Å². The lowest BCUT2D eigenvalue weighted by molar-refractivity contribution is 0.282. The number of nitrogens with zero attached hydrogens (tertiary/aromatic N) is 2. The van der Waals surface area contributed by atoms with Gasteiger partial charge in [0.25, 0.3) is 6.71 Å². The molecule has 0 unspecified atom stereocenters. The second-order valence-electron chi connectivity index (χ2n) is 22.4. The van der Waals surface area contributed by atoms with Gasteiger partial charge in [0.05, 0.1) is 28.0 Å². The lowest BCUT2D eigenvalue weighted by atomic mass is 9.35. The zero-order valence-electron chi connectivity index (χ0n) is 47.9. The number of anilines is 6. The molecule has 3 aliphatic rings. The highest BCUT2D eigenvalue weighted by Crippen LogP contribution is 2.55. The van der Waals surface area contributed by atoms with Crippen molar-refractivity contribution in [2.45, 2.75) is 130 Å². The Bertz CT molecular complexity index is 3380. The molecule has 4 heteroatoms. The van der Waals surface area contributed by atoms with Crippen LogP contribution >= 0.6 is 0 Å². The van der Waals surface area contributed by atoms with Gasteiger partial charge in [-0.2, -0.15) is 0 Å². The quantitative estimate of drug-likeness (QED) is 0.161. The van der Waals surface area contributed by atoms with Gasteiger partial charge in [-0.25, -0.2) is 0 Å². The molecule has 64 heavy (non-hydrogen) atoms. The second-order valence-corrected chi connectivity index (χ2v) is 22.4. The third-order valence-corrected chi connectivity index (χ3v) is 14.6. The summed E-state index contributed by atoms with van der Waals surface area (Å²) in [6, 6.07) is 27.6. The van der Waals surface area contributed by atoms with Crippen molar-refractivity contribution >= 4 is 57.4 Å². The molecule has 2 aliphatic heterocycles. The van der Waals surface area contributed by atoms with Crippen molar-refractivity contribution in [3.63, 3.8) is 0 Å². The van der Waals surface area contributed by atoms with Crippen LogP contribution in [0.3, 0.4) is 0 Å². The number of hydrogen-bond acceptors (Lipinski definition) is 3. The van der Waals surface area contributed by atoms with Crippen LogP contribution in [0.4, 0.5) is 34.1 Å². The smallest absolute Gasteiger partial charge is 0.297 e. The largest absolute Gasteiger partial charge is 0.472 e. The maximum atomic E-state index is 9.40. The average Bonchev–Trinajstić information content (AvgIpc) is 3.73. The minimum Gasteiger partial charge on any atom is -0.472 e. The van der Waals surface area contributed by atoms with E-state index in [9.17, 15) is 2.74 Å². The van der Waals surface area contributed by atoms with Gasteiger partial charge in [0.1, 0.15) is 5.76 Å². The zero-order chi connectivity index (χ0) is 52.3. The highest BCUT2D eigenvalue weighted by atomic mass is 16.3. The number of rotatable bonds is 5. The zero-order valence-corrected chi connectivity index (χ0v) is 39.9. The van der Waals surface area contributed by atoms with Crippen LogP contribution in [0, 0.1) is 6.92 Å². The molecule has 7 aromatic rings. The van der Waals surface area contributed by atoms with Crippen LogP contribution in [0.25, 0.3) is 11.1 Å². The van der Waals surface area contributed by atoms with Crippen LogP contribution in [0.1, 0.15) is 146 Å². The molecule has 1 aromatic heterocycles. The Labute approximate surface area is 394 Å². The molecule has 3 heterocycles. The van der Waals surface area contributed by atoms with Crippen molar-refractivity contribution in [1.82, 2.24) is 0 Å². The maximum Gasteiger partial charge on any atom is 0.297 e. The van der Waals surface area contributed by atoms with Crippen LogP contribution < -0.4 is 26.4 Å². The molecule has 0 amide bonds. The minimum atomic E-state index is -0.715. The molecule has 324 valence electrons. The molecule has 0 bridgehead atoms. The fourth-order valence-corrected chi connectivity index (χ4v) is 10.6. The van der Waals surface area contributed by atoms with Crippen molar-refractivity contribution in [2.24, 2.45) is 0 Å². The highest BCUT2D eigenvalue weighted by Gasteiger charge is 2.52. The SMILES string of the molecule is [2H]c1cc(C(C)(C)c2ccc3c(c2)B2c4oc5c(c4N(c4ccc(C(C)(C)C)cc4)c4cc(C)cc(c42)N3c2ccc(C(C)(C)C)cc2-c2c([2H])c([2H])c([2H])c([2H])c2[2H])C(C)(C)CCC5(C)C)cc([2H])c1[2H]. The minimum absolute atomic E-state index is 0.00136. The summed E-state index contributed by atoms with van der Waals surface area (Å²) in [5.74, 6) is 0.995. The molecule has 0 atom stereocenters. The van der Waals surface area contributed by atoms with Crippen LogP contribution in [0.5, 0.6) is 0 Å². The lowest BCUT2D eigenvalue weighted by Gasteiger charge is -2.45. The highest BCUT2D eigenvalue weighted by molar-refractivity contribution is 6.99. The average molecular weight is 849 g/mol. The van der Waals surface area contributed by atoms with E-state index in [1.807, 2.05) is 6.07 Å². The number of furan rings is 1. The van der Waals surface area contributed by atoms with Gasteiger partial charge in [-0.15, -0.1) is 0 Å². The Balaban J connectivity index is 1.36. The van der Waals surface area contributed by atoms with Crippen molar-refractivity contribution in [3.8, 4) is 11.1 Å². The van der Waals surface area contributed by atoms with E-state index >= 15 is 0 Å². The summed E-state index contributed by atoms with van der Waals surface area (Å²) in [5.41, 5.74) is 13.5. The van der Waals surface area contributed by atoms with Gasteiger partial charge in [0, 0.05) is 44.7 Å². The van der Waals surface area contributed by atoms with E-state index in [0.29, 0.717) is 11.3 Å². The number of fused-ring (bicyclic) bond motifs is 6. The molecule has 0 saturated heterocycles. The first kappa shape index (κ1) is 33.7. The number of benzene rings is 6. The summed E-state index contributed by atoms with van der Waals surface area (Å²) < 4.78 is 78.5. The van der Waals surface area contributed by atoms with Crippen LogP contribution in [-0.2, 0) is 27.1 Å². The Morgan fingerprint density at radius 2 is 1.16 bits per heavy atom. The molecular weight excluding hydrogens is 775 g/mol. The standard InChI is InChI=1S/C60H65BN2O/c1-38-34-49-52-50(35-38)63(47-30-26-42(57(5,6)7)36-45(47)39-20-16-14-17-21-39)48-31-27-43(60(12,13)41-22-18-15-19-23-41)37-46(48)61(52)55-53(51-54(64-55)59(10,11)33-32-58(51,8)9)62(49)44-28-24-40(25-29-44)56(2,3)4/h14-31,34-37H,32-33H2,1-13H3/i14D,15D,16D,17D,18D,19D,20D,21D. The van der Waals surface area contributed by atoms with Crippen LogP contribution in [-0.4, -0.2) is 6.71 Å². The fraction of sp³-hybridized carbons (Fsp3) is 0.333. The molecule has 0 spiro atoms. The van der Waals surface area contributed by atoms with Crippen molar-refractivity contribution in [1.29, 1.82) is 0 Å². The summed E-state index contributed by atoms with van der Waals surface area (Å²) in [7, 11) is 0. The van der Waals surface area contributed by atoms with Gasteiger partial charge in [-0.3, -0.25) is 0 Å². The number of aryl methyl sites for hydroxylation is 1. The predicted octanol–water partition coefficient (Wildman–Crippen LogP) is 14.6. The van der Waals surface area contributed by atoms with E-state index in [0.717, 1.165) is 85.9 Å². The van der Waals surface area contributed by atoms with E-state index < -0.39 is 30.3 Å². The lowest BCUT2D eigenvalue weighted by Crippen LogP contribution is -2.61. The topological polar surface area (TPSA) is 19.6 Å². The third kappa shape index (κ3) is 6.61. The molecule has 0 fully saturated rings. The van der Waals surface area contributed by atoms with E-state index in [4.69, 9.17) is 12.6 Å². The monoisotopic (exact) mass is 849 g/mol. The molecule has 3 nitrogen and oxygen atoms in total. The molecule has 0 saturated carbocycles. The van der Waals surface area contributed by atoms with Gasteiger partial charge >= 0.3 is 0 Å². The van der Waals surface area contributed by atoms with Gasteiger partial charge < -0.3 is 14.2 Å². The van der Waals surface area contributed by atoms with Crippen LogP contribution in [0.2, 0.25) is 0 Å². The first-order valence-corrected chi connectivity index (χ1v) is 22.9. The Hall–Kier alpha value is -5.74. The van der Waals surface area contributed by atoms with Crippen molar-refractivity contribution in [3.05, 3.63) is 172 Å². The Morgan fingerprint density at radius 1 is 0.578 bits per heavy atom. The summed E-state index contributed by atoms with van der Waals surface area (Å²) in [6.07, 6.45) is 1.94. The summed E-state index contributed by atoms with van der Waals surface area (Å²) in [4.78, 5) is 4.66. The molecule has 0 N–H and O–H groups in total. The number of hydrogen-bond donors (Lipinski definition) is 0. The third-order valence-electron chi connectivity index (χ3n) is 14.6. The van der Waals surface area contributed by atoms with Gasteiger partial charge in [-0.1, -0.05) is 174 Å². The first-order chi connectivity index (χ1) is 33.5. The molecular formula is C60H65BN2O. The van der Waals surface area contributed by atoms with Gasteiger partial charge in [0.2, 0.25) is 0 Å². The van der Waals surface area contributed by atoms with E-state index in [1.54, 1.807) is 12.1 Å².